The monoisotopic (exact) mass is 278 g/mol. The van der Waals surface area contributed by atoms with E-state index in [9.17, 15) is 17.6 Å². The highest BCUT2D eigenvalue weighted by atomic mass is 19.4. The second-order valence-corrected chi connectivity index (χ2v) is 4.50. The molecule has 106 valence electrons. The molecule has 0 spiro atoms. The van der Waals surface area contributed by atoms with Gasteiger partial charge < -0.3 is 4.74 Å². The van der Waals surface area contributed by atoms with Crippen LogP contribution in [0.4, 0.5) is 17.6 Å². The number of halogens is 4. The topological polar surface area (TPSA) is 47.3 Å². The highest BCUT2D eigenvalue weighted by Crippen LogP contribution is 2.35. The summed E-state index contributed by atoms with van der Waals surface area (Å²) in [5.41, 5.74) is 1.43. The molecule has 19 heavy (non-hydrogen) atoms. The molecule has 1 aliphatic heterocycles. The standard InChI is InChI=1S/C12H14F4N2O/c13-10-2-1-8(12(14,15)16)5-9(10)11(18-17)7-3-4-19-6-7/h1-2,5,7,11,18H,3-4,6,17H2. The van der Waals surface area contributed by atoms with Crippen molar-refractivity contribution in [2.75, 3.05) is 13.2 Å². The third-order valence-electron chi connectivity index (χ3n) is 3.27. The van der Waals surface area contributed by atoms with Crippen LogP contribution >= 0.6 is 0 Å². The fourth-order valence-corrected chi connectivity index (χ4v) is 2.25. The number of benzene rings is 1. The number of alkyl halides is 3. The zero-order chi connectivity index (χ0) is 14.0. The molecule has 1 heterocycles. The quantitative estimate of drug-likeness (QED) is 0.507. The van der Waals surface area contributed by atoms with Crippen molar-refractivity contribution >= 4 is 0 Å². The van der Waals surface area contributed by atoms with Gasteiger partial charge in [0.1, 0.15) is 5.82 Å². The van der Waals surface area contributed by atoms with Gasteiger partial charge in [-0.15, -0.1) is 0 Å². The van der Waals surface area contributed by atoms with Crippen molar-refractivity contribution in [2.45, 2.75) is 18.6 Å². The van der Waals surface area contributed by atoms with Crippen molar-refractivity contribution in [1.29, 1.82) is 0 Å². The van der Waals surface area contributed by atoms with Gasteiger partial charge in [-0.3, -0.25) is 11.3 Å². The summed E-state index contributed by atoms with van der Waals surface area (Å²) in [6.45, 7) is 0.855. The van der Waals surface area contributed by atoms with Crippen LogP contribution < -0.4 is 11.3 Å². The molecular weight excluding hydrogens is 264 g/mol. The summed E-state index contributed by atoms with van der Waals surface area (Å²) in [5.74, 6) is 4.52. The summed E-state index contributed by atoms with van der Waals surface area (Å²) in [7, 11) is 0. The Bertz CT molecular complexity index is 444. The van der Waals surface area contributed by atoms with Gasteiger partial charge in [0.2, 0.25) is 0 Å². The van der Waals surface area contributed by atoms with Crippen molar-refractivity contribution in [1.82, 2.24) is 5.43 Å². The maximum Gasteiger partial charge on any atom is 0.416 e. The Morgan fingerprint density at radius 2 is 2.11 bits per heavy atom. The summed E-state index contributed by atoms with van der Waals surface area (Å²) in [6.07, 6.45) is -3.88. The predicted octanol–water partition coefficient (Wildman–Crippen LogP) is 2.39. The first kappa shape index (κ1) is 14.2. The van der Waals surface area contributed by atoms with Gasteiger partial charge in [0.05, 0.1) is 18.2 Å². The van der Waals surface area contributed by atoms with Gasteiger partial charge in [0, 0.05) is 18.1 Å². The van der Waals surface area contributed by atoms with Crippen molar-refractivity contribution in [3.05, 3.63) is 35.1 Å². The van der Waals surface area contributed by atoms with Crippen LogP contribution in [0.25, 0.3) is 0 Å². The van der Waals surface area contributed by atoms with Crippen LogP contribution in [0.2, 0.25) is 0 Å². The Balaban J connectivity index is 2.35. The van der Waals surface area contributed by atoms with E-state index in [-0.39, 0.29) is 11.5 Å². The number of hydrogen-bond acceptors (Lipinski definition) is 3. The fraction of sp³-hybridized carbons (Fsp3) is 0.500. The van der Waals surface area contributed by atoms with Gasteiger partial charge >= 0.3 is 6.18 Å². The fourth-order valence-electron chi connectivity index (χ4n) is 2.25. The lowest BCUT2D eigenvalue weighted by molar-refractivity contribution is -0.137. The summed E-state index contributed by atoms with van der Waals surface area (Å²) < 4.78 is 56.8. The molecule has 0 amide bonds. The van der Waals surface area contributed by atoms with Crippen molar-refractivity contribution in [3.63, 3.8) is 0 Å². The van der Waals surface area contributed by atoms with Crippen LogP contribution in [0.1, 0.15) is 23.6 Å². The molecule has 0 bridgehead atoms. The molecule has 1 aliphatic rings. The molecular formula is C12H14F4N2O. The molecule has 1 aromatic rings. The van der Waals surface area contributed by atoms with E-state index in [1.54, 1.807) is 0 Å². The first-order chi connectivity index (χ1) is 8.93. The third kappa shape index (κ3) is 3.05. The van der Waals surface area contributed by atoms with E-state index < -0.39 is 23.6 Å². The Labute approximate surface area is 107 Å². The molecule has 0 radical (unpaired) electrons. The van der Waals surface area contributed by atoms with Gasteiger partial charge in [0.25, 0.3) is 0 Å². The van der Waals surface area contributed by atoms with Crippen LogP contribution in [0, 0.1) is 11.7 Å². The largest absolute Gasteiger partial charge is 0.416 e. The third-order valence-corrected chi connectivity index (χ3v) is 3.27. The average molecular weight is 278 g/mol. The number of rotatable bonds is 3. The predicted molar refractivity (Wildman–Crippen MR) is 60.4 cm³/mol. The van der Waals surface area contributed by atoms with Gasteiger partial charge in [-0.25, -0.2) is 4.39 Å². The highest BCUT2D eigenvalue weighted by Gasteiger charge is 2.34. The van der Waals surface area contributed by atoms with Crippen molar-refractivity contribution in [2.24, 2.45) is 11.8 Å². The van der Waals surface area contributed by atoms with Crippen molar-refractivity contribution in [3.8, 4) is 0 Å². The highest BCUT2D eigenvalue weighted by molar-refractivity contribution is 5.30. The SMILES string of the molecule is NNC(c1cc(C(F)(F)F)ccc1F)C1CCOC1. The molecule has 1 aromatic carbocycles. The summed E-state index contributed by atoms with van der Waals surface area (Å²) in [4.78, 5) is 0. The van der Waals surface area contributed by atoms with E-state index >= 15 is 0 Å². The van der Waals surface area contributed by atoms with Gasteiger partial charge in [-0.1, -0.05) is 0 Å². The molecule has 2 atom stereocenters. The number of hydrazine groups is 1. The van der Waals surface area contributed by atoms with Gasteiger partial charge in [0.15, 0.2) is 0 Å². The zero-order valence-electron chi connectivity index (χ0n) is 10.0. The normalized spacial score (nSPS) is 21.6. The zero-order valence-corrected chi connectivity index (χ0v) is 10.0. The molecule has 3 nitrogen and oxygen atoms in total. The van der Waals surface area contributed by atoms with Crippen LogP contribution in [-0.4, -0.2) is 13.2 Å². The molecule has 0 aromatic heterocycles. The summed E-state index contributed by atoms with van der Waals surface area (Å²) in [5, 5.41) is 0. The molecule has 2 unspecified atom stereocenters. The lowest BCUT2D eigenvalue weighted by Crippen LogP contribution is -2.34. The van der Waals surface area contributed by atoms with E-state index in [4.69, 9.17) is 10.6 Å². The Hall–Kier alpha value is -1.18. The second kappa shape index (κ2) is 5.44. The van der Waals surface area contributed by atoms with Crippen molar-refractivity contribution < 1.29 is 22.3 Å². The molecule has 2 rings (SSSR count). The molecule has 0 aliphatic carbocycles. The number of nitrogens with one attached hydrogen (secondary N) is 1. The van der Waals surface area contributed by atoms with E-state index in [0.29, 0.717) is 19.6 Å². The lowest BCUT2D eigenvalue weighted by atomic mass is 9.91. The summed E-state index contributed by atoms with van der Waals surface area (Å²) in [6, 6.07) is 1.65. The molecule has 1 saturated heterocycles. The van der Waals surface area contributed by atoms with Crippen LogP contribution in [0.3, 0.4) is 0 Å². The van der Waals surface area contributed by atoms with Crippen LogP contribution in [-0.2, 0) is 10.9 Å². The average Bonchev–Trinajstić information content (AvgIpc) is 2.84. The van der Waals surface area contributed by atoms with E-state index in [1.165, 1.54) is 0 Å². The minimum atomic E-state index is -4.51. The lowest BCUT2D eigenvalue weighted by Gasteiger charge is -2.23. The second-order valence-electron chi connectivity index (χ2n) is 4.50. The molecule has 7 heteroatoms. The van der Waals surface area contributed by atoms with E-state index in [2.05, 4.69) is 5.43 Å². The summed E-state index contributed by atoms with van der Waals surface area (Å²) >= 11 is 0. The molecule has 0 saturated carbocycles. The Morgan fingerprint density at radius 3 is 2.63 bits per heavy atom. The Morgan fingerprint density at radius 1 is 1.37 bits per heavy atom. The van der Waals surface area contributed by atoms with Crippen LogP contribution in [0.5, 0.6) is 0 Å². The minimum Gasteiger partial charge on any atom is -0.381 e. The maximum absolute atomic E-state index is 13.7. The van der Waals surface area contributed by atoms with E-state index in [0.717, 1.165) is 18.2 Å². The Kier molecular flexibility index (Phi) is 4.07. The first-order valence-electron chi connectivity index (χ1n) is 5.84. The minimum absolute atomic E-state index is 0.0761. The number of nitrogens with two attached hydrogens (primary N) is 1. The van der Waals surface area contributed by atoms with Crippen LogP contribution in [0.15, 0.2) is 18.2 Å². The van der Waals surface area contributed by atoms with Gasteiger partial charge in [-0.05, 0) is 24.6 Å². The smallest absolute Gasteiger partial charge is 0.381 e. The number of hydrogen-bond donors (Lipinski definition) is 2. The number of ether oxygens (including phenoxy) is 1. The van der Waals surface area contributed by atoms with Gasteiger partial charge in [-0.2, -0.15) is 13.2 Å². The maximum atomic E-state index is 13.7. The first-order valence-corrected chi connectivity index (χ1v) is 5.84. The molecule has 1 fully saturated rings. The van der Waals surface area contributed by atoms with E-state index in [1.807, 2.05) is 0 Å². The molecule has 3 N–H and O–H groups in total.